The van der Waals surface area contributed by atoms with Crippen molar-refractivity contribution in [2.24, 2.45) is 0 Å². The van der Waals surface area contributed by atoms with E-state index in [1.807, 2.05) is 0 Å². The molecule has 1 N–H and O–H groups in total. The third-order valence-electron chi connectivity index (χ3n) is 2.72. The molecule has 0 aromatic heterocycles. The van der Waals surface area contributed by atoms with Gasteiger partial charge in [0.15, 0.2) is 0 Å². The molecule has 0 saturated carbocycles. The van der Waals surface area contributed by atoms with Crippen molar-refractivity contribution in [1.82, 2.24) is 5.06 Å². The lowest BCUT2D eigenvalue weighted by Gasteiger charge is -2.19. The number of nitrogens with zero attached hydrogens (tertiary/aromatic N) is 1. The van der Waals surface area contributed by atoms with Gasteiger partial charge in [0.05, 0.1) is 12.1 Å². The lowest BCUT2D eigenvalue weighted by molar-refractivity contribution is -0.164. The Morgan fingerprint density at radius 2 is 1.95 bits per heavy atom. The fraction of sp³-hybridized carbons (Fsp3) is 0.333. The minimum absolute atomic E-state index is 0.168. The van der Waals surface area contributed by atoms with E-state index in [9.17, 15) is 18.4 Å². The van der Waals surface area contributed by atoms with Crippen molar-refractivity contribution in [2.75, 3.05) is 6.54 Å². The van der Waals surface area contributed by atoms with E-state index >= 15 is 0 Å². The average molecular weight is 271 g/mol. The van der Waals surface area contributed by atoms with Crippen LogP contribution < -0.4 is 0 Å². The van der Waals surface area contributed by atoms with E-state index in [0.717, 1.165) is 0 Å². The van der Waals surface area contributed by atoms with Crippen LogP contribution in [0.3, 0.4) is 0 Å². The first-order valence-corrected chi connectivity index (χ1v) is 5.54. The second-order valence-corrected chi connectivity index (χ2v) is 4.23. The van der Waals surface area contributed by atoms with Gasteiger partial charge in [-0.3, -0.25) is 4.79 Å². The first-order chi connectivity index (χ1) is 8.89. The summed E-state index contributed by atoms with van der Waals surface area (Å²) in [6.07, 6.45) is -0.871. The summed E-state index contributed by atoms with van der Waals surface area (Å²) < 4.78 is 26.3. The van der Waals surface area contributed by atoms with Crippen molar-refractivity contribution >= 4 is 11.9 Å². The van der Waals surface area contributed by atoms with Gasteiger partial charge in [0.2, 0.25) is 0 Å². The zero-order chi connectivity index (χ0) is 14.0. The molecule has 7 heteroatoms. The maximum Gasteiger partial charge on any atom is 0.357 e. The monoisotopic (exact) mass is 271 g/mol. The Hall–Kier alpha value is -2.02. The van der Waals surface area contributed by atoms with E-state index < -0.39 is 36.9 Å². The Bertz CT molecular complexity index is 492. The molecule has 0 aliphatic carbocycles. The summed E-state index contributed by atoms with van der Waals surface area (Å²) in [7, 11) is 0. The minimum atomic E-state index is -3.18. The zero-order valence-corrected chi connectivity index (χ0v) is 9.75. The van der Waals surface area contributed by atoms with Crippen molar-refractivity contribution in [3.8, 4) is 0 Å². The van der Waals surface area contributed by atoms with Gasteiger partial charge in [-0.25, -0.2) is 13.6 Å². The molecule has 1 aromatic carbocycles. The number of carboxylic acids is 1. The third-order valence-corrected chi connectivity index (χ3v) is 2.72. The summed E-state index contributed by atoms with van der Waals surface area (Å²) in [6.45, 7) is -0.914. The molecule has 0 bridgehead atoms. The molecule has 1 saturated heterocycles. The molecule has 1 fully saturated rings. The lowest BCUT2D eigenvalue weighted by atomic mass is 10.2. The highest BCUT2D eigenvalue weighted by atomic mass is 19.3. The summed E-state index contributed by atoms with van der Waals surface area (Å²) in [5.41, 5.74) is 0.168. The van der Waals surface area contributed by atoms with Crippen LogP contribution in [0.5, 0.6) is 0 Å². The van der Waals surface area contributed by atoms with Gasteiger partial charge < -0.3 is 9.94 Å². The normalized spacial score (nSPS) is 22.1. The smallest absolute Gasteiger partial charge is 0.357 e. The van der Waals surface area contributed by atoms with Gasteiger partial charge in [0, 0.05) is 6.42 Å². The number of halogens is 2. The van der Waals surface area contributed by atoms with E-state index in [1.54, 1.807) is 18.2 Å². The molecule has 102 valence electrons. The Kier molecular flexibility index (Phi) is 3.48. The van der Waals surface area contributed by atoms with Crippen LogP contribution in [-0.4, -0.2) is 40.6 Å². The number of hydrogen-bond donors (Lipinski definition) is 1. The van der Waals surface area contributed by atoms with Gasteiger partial charge in [-0.1, -0.05) is 18.2 Å². The molecular formula is C12H11F2NO4. The van der Waals surface area contributed by atoms with Crippen LogP contribution in [0.1, 0.15) is 16.8 Å². The molecule has 19 heavy (non-hydrogen) atoms. The summed E-state index contributed by atoms with van der Waals surface area (Å²) in [6, 6.07) is 6.23. The quantitative estimate of drug-likeness (QED) is 0.903. The predicted molar refractivity (Wildman–Crippen MR) is 59.6 cm³/mol. The van der Waals surface area contributed by atoms with E-state index in [-0.39, 0.29) is 5.56 Å². The van der Waals surface area contributed by atoms with E-state index in [4.69, 9.17) is 9.94 Å². The van der Waals surface area contributed by atoms with Crippen molar-refractivity contribution in [1.29, 1.82) is 0 Å². The van der Waals surface area contributed by atoms with Crippen molar-refractivity contribution in [3.05, 3.63) is 35.9 Å². The molecule has 1 aliphatic rings. The molecule has 0 amide bonds. The summed E-state index contributed by atoms with van der Waals surface area (Å²) in [4.78, 5) is 27.3. The molecule has 2 rings (SSSR count). The van der Waals surface area contributed by atoms with Gasteiger partial charge in [0.25, 0.3) is 5.92 Å². The number of alkyl halides is 2. The lowest BCUT2D eigenvalue weighted by Crippen LogP contribution is -2.37. The Balaban J connectivity index is 2.10. The largest absolute Gasteiger partial charge is 0.480 e. The molecule has 1 heterocycles. The van der Waals surface area contributed by atoms with Crippen molar-refractivity contribution in [3.63, 3.8) is 0 Å². The average Bonchev–Trinajstić information content (AvgIpc) is 2.65. The van der Waals surface area contributed by atoms with Crippen LogP contribution in [0.4, 0.5) is 8.78 Å². The number of carbonyl (C=O) groups excluding carboxylic acids is 1. The molecule has 1 aliphatic heterocycles. The van der Waals surface area contributed by atoms with Crippen LogP contribution in [0, 0.1) is 0 Å². The minimum Gasteiger partial charge on any atom is -0.480 e. The number of hydroxylamine groups is 2. The van der Waals surface area contributed by atoms with Crippen LogP contribution in [-0.2, 0) is 9.63 Å². The predicted octanol–water partition coefficient (Wildman–Crippen LogP) is 1.55. The zero-order valence-electron chi connectivity index (χ0n) is 9.75. The molecule has 1 unspecified atom stereocenters. The Morgan fingerprint density at radius 3 is 2.53 bits per heavy atom. The SMILES string of the molecule is O=C(ON1CC(F)(F)CC1C(=O)O)c1ccccc1. The number of carbonyl (C=O) groups is 2. The highest BCUT2D eigenvalue weighted by Gasteiger charge is 2.50. The van der Waals surface area contributed by atoms with Crippen LogP contribution >= 0.6 is 0 Å². The van der Waals surface area contributed by atoms with Gasteiger partial charge in [-0.15, -0.1) is 5.06 Å². The second kappa shape index (κ2) is 4.93. The van der Waals surface area contributed by atoms with E-state index in [0.29, 0.717) is 5.06 Å². The standard InChI is InChI=1S/C12H11F2NO4/c13-12(14)6-9(10(16)17)15(7-12)19-11(18)8-4-2-1-3-5-8/h1-5,9H,6-7H2,(H,16,17). The van der Waals surface area contributed by atoms with Gasteiger partial charge in [-0.2, -0.15) is 0 Å². The van der Waals surface area contributed by atoms with Gasteiger partial charge in [0.1, 0.15) is 6.04 Å². The number of carboxylic acid groups (broad SMARTS) is 1. The van der Waals surface area contributed by atoms with E-state index in [2.05, 4.69) is 0 Å². The molecule has 0 spiro atoms. The number of benzene rings is 1. The van der Waals surface area contributed by atoms with Crippen molar-refractivity contribution in [2.45, 2.75) is 18.4 Å². The highest BCUT2D eigenvalue weighted by Crippen LogP contribution is 2.32. The molecule has 5 nitrogen and oxygen atoms in total. The molecule has 1 aromatic rings. The van der Waals surface area contributed by atoms with Gasteiger partial charge in [-0.05, 0) is 12.1 Å². The number of aliphatic carboxylic acids is 1. The molecular weight excluding hydrogens is 260 g/mol. The fourth-order valence-corrected chi connectivity index (χ4v) is 1.83. The fourth-order valence-electron chi connectivity index (χ4n) is 1.83. The number of hydrogen-bond acceptors (Lipinski definition) is 4. The topological polar surface area (TPSA) is 66.8 Å². The highest BCUT2D eigenvalue weighted by molar-refractivity contribution is 5.89. The molecule has 1 atom stereocenters. The van der Waals surface area contributed by atoms with Crippen LogP contribution in [0.25, 0.3) is 0 Å². The molecule has 0 radical (unpaired) electrons. The maximum atomic E-state index is 13.2. The van der Waals surface area contributed by atoms with E-state index in [1.165, 1.54) is 12.1 Å². The first-order valence-electron chi connectivity index (χ1n) is 5.54. The summed E-state index contributed by atoms with van der Waals surface area (Å²) in [5, 5.41) is 9.36. The Labute approximate surface area is 107 Å². The Morgan fingerprint density at radius 1 is 1.32 bits per heavy atom. The summed E-state index contributed by atoms with van der Waals surface area (Å²) in [5.74, 6) is -5.48. The van der Waals surface area contributed by atoms with Crippen LogP contribution in [0.2, 0.25) is 0 Å². The van der Waals surface area contributed by atoms with Crippen LogP contribution in [0.15, 0.2) is 30.3 Å². The van der Waals surface area contributed by atoms with Crippen molar-refractivity contribution < 1.29 is 28.3 Å². The van der Waals surface area contributed by atoms with Gasteiger partial charge >= 0.3 is 11.9 Å². The first kappa shape index (κ1) is 13.4. The number of rotatable bonds is 3. The maximum absolute atomic E-state index is 13.2. The second-order valence-electron chi connectivity index (χ2n) is 4.23. The summed E-state index contributed by atoms with van der Waals surface area (Å²) >= 11 is 0. The third kappa shape index (κ3) is 3.05.